The van der Waals surface area contributed by atoms with Crippen molar-refractivity contribution in [2.45, 2.75) is 31.4 Å². The van der Waals surface area contributed by atoms with Crippen LogP contribution < -0.4 is 4.74 Å². The fourth-order valence-corrected chi connectivity index (χ4v) is 4.04. The minimum atomic E-state index is -0.164. The van der Waals surface area contributed by atoms with E-state index in [4.69, 9.17) is 4.74 Å². The highest BCUT2D eigenvalue weighted by atomic mass is 79.9. The molecule has 4 heteroatoms. The van der Waals surface area contributed by atoms with E-state index >= 15 is 0 Å². The molecule has 2 bridgehead atoms. The Morgan fingerprint density at radius 2 is 2.11 bits per heavy atom. The van der Waals surface area contributed by atoms with Crippen molar-refractivity contribution in [1.29, 1.82) is 0 Å². The van der Waals surface area contributed by atoms with E-state index in [1.54, 1.807) is 7.11 Å². The van der Waals surface area contributed by atoms with Crippen LogP contribution in [-0.2, 0) is 6.42 Å². The van der Waals surface area contributed by atoms with E-state index in [1.165, 1.54) is 5.56 Å². The summed E-state index contributed by atoms with van der Waals surface area (Å²) < 4.78 is 6.24. The molecule has 0 amide bonds. The van der Waals surface area contributed by atoms with Gasteiger partial charge >= 0.3 is 0 Å². The van der Waals surface area contributed by atoms with Gasteiger partial charge in [-0.3, -0.25) is 4.90 Å². The first-order valence-corrected chi connectivity index (χ1v) is 7.73. The quantitative estimate of drug-likeness (QED) is 0.926. The molecule has 0 saturated carbocycles. The Kier molecular flexibility index (Phi) is 3.83. The first kappa shape index (κ1) is 13.4. The summed E-state index contributed by atoms with van der Waals surface area (Å²) in [4.78, 5) is 2.45. The largest absolute Gasteiger partial charge is 0.496 e. The molecular formula is C15H20BrNO2. The maximum absolute atomic E-state index is 10.4. The van der Waals surface area contributed by atoms with Crippen molar-refractivity contribution in [3.8, 4) is 5.75 Å². The molecule has 104 valence electrons. The number of benzene rings is 1. The van der Waals surface area contributed by atoms with Gasteiger partial charge < -0.3 is 9.84 Å². The van der Waals surface area contributed by atoms with Crippen LogP contribution >= 0.6 is 15.9 Å². The van der Waals surface area contributed by atoms with Crippen LogP contribution in [0, 0.1) is 5.92 Å². The number of hydrogen-bond acceptors (Lipinski definition) is 3. The molecular weight excluding hydrogens is 306 g/mol. The van der Waals surface area contributed by atoms with Crippen LogP contribution in [0.15, 0.2) is 22.7 Å². The lowest BCUT2D eigenvalue weighted by atomic mass is 9.78. The SMILES string of the molecule is COc1ccc(CC2C(O)C3CCN2CC3)cc1Br. The second-order valence-electron chi connectivity index (χ2n) is 5.60. The van der Waals surface area contributed by atoms with Crippen LogP contribution in [0.3, 0.4) is 0 Å². The molecule has 3 aliphatic rings. The fourth-order valence-electron chi connectivity index (χ4n) is 3.45. The van der Waals surface area contributed by atoms with Gasteiger partial charge in [-0.1, -0.05) is 6.07 Å². The molecule has 3 nitrogen and oxygen atoms in total. The first-order chi connectivity index (χ1) is 9.19. The third-order valence-electron chi connectivity index (χ3n) is 4.58. The van der Waals surface area contributed by atoms with E-state index in [9.17, 15) is 5.11 Å². The molecule has 3 fully saturated rings. The number of fused-ring (bicyclic) bond motifs is 3. The standard InChI is InChI=1S/C15H20BrNO2/c1-19-14-3-2-10(8-12(14)16)9-13-15(18)11-4-6-17(13)7-5-11/h2-3,8,11,13,15,18H,4-7,9H2,1H3. The Morgan fingerprint density at radius 3 is 2.68 bits per heavy atom. The summed E-state index contributed by atoms with van der Waals surface area (Å²) in [6, 6.07) is 6.48. The third-order valence-corrected chi connectivity index (χ3v) is 5.20. The van der Waals surface area contributed by atoms with Crippen LogP contribution in [0.5, 0.6) is 5.75 Å². The minimum absolute atomic E-state index is 0.164. The number of halogens is 1. The summed E-state index contributed by atoms with van der Waals surface area (Å²) >= 11 is 3.53. The predicted molar refractivity (Wildman–Crippen MR) is 78.5 cm³/mol. The maximum Gasteiger partial charge on any atom is 0.133 e. The molecule has 2 atom stereocenters. The Balaban J connectivity index is 1.76. The van der Waals surface area contributed by atoms with Crippen molar-refractivity contribution in [3.05, 3.63) is 28.2 Å². The molecule has 0 radical (unpaired) electrons. The molecule has 1 N–H and O–H groups in total. The van der Waals surface area contributed by atoms with Crippen LogP contribution in [0.2, 0.25) is 0 Å². The average molecular weight is 326 g/mol. The molecule has 0 aliphatic carbocycles. The number of aliphatic hydroxyl groups excluding tert-OH is 1. The highest BCUT2D eigenvalue weighted by Gasteiger charge is 2.40. The molecule has 0 aromatic heterocycles. The van der Waals surface area contributed by atoms with Crippen LogP contribution in [0.1, 0.15) is 18.4 Å². The first-order valence-electron chi connectivity index (χ1n) is 6.93. The number of ether oxygens (including phenoxy) is 1. The van der Waals surface area contributed by atoms with Crippen molar-refractivity contribution in [1.82, 2.24) is 4.90 Å². The van der Waals surface area contributed by atoms with Gasteiger partial charge in [0.05, 0.1) is 17.7 Å². The van der Waals surface area contributed by atoms with Gasteiger partial charge in [-0.2, -0.15) is 0 Å². The lowest BCUT2D eigenvalue weighted by molar-refractivity contribution is -0.0715. The van der Waals surface area contributed by atoms with Gasteiger partial charge in [0.15, 0.2) is 0 Å². The summed E-state index contributed by atoms with van der Waals surface area (Å²) in [6.45, 7) is 2.29. The maximum atomic E-state index is 10.4. The van der Waals surface area contributed by atoms with Crippen LogP contribution in [0.25, 0.3) is 0 Å². The van der Waals surface area contributed by atoms with Crippen molar-refractivity contribution in [3.63, 3.8) is 0 Å². The zero-order chi connectivity index (χ0) is 13.4. The van der Waals surface area contributed by atoms with E-state index < -0.39 is 0 Å². The Bertz CT molecular complexity index is 455. The van der Waals surface area contributed by atoms with Crippen LogP contribution in [0.4, 0.5) is 0 Å². The molecule has 0 spiro atoms. The topological polar surface area (TPSA) is 32.7 Å². The zero-order valence-corrected chi connectivity index (χ0v) is 12.8. The van der Waals surface area contributed by atoms with Gasteiger partial charge in [-0.15, -0.1) is 0 Å². The van der Waals surface area contributed by atoms with Gasteiger partial charge in [0.1, 0.15) is 5.75 Å². The number of rotatable bonds is 3. The molecule has 3 aliphatic heterocycles. The fraction of sp³-hybridized carbons (Fsp3) is 0.600. The van der Waals surface area contributed by atoms with Crippen LogP contribution in [-0.4, -0.2) is 42.4 Å². The molecule has 1 aromatic rings. The zero-order valence-electron chi connectivity index (χ0n) is 11.2. The van der Waals surface area contributed by atoms with Gasteiger partial charge in [-0.25, -0.2) is 0 Å². The van der Waals surface area contributed by atoms with Gasteiger partial charge in [0.25, 0.3) is 0 Å². The average Bonchev–Trinajstić information content (AvgIpc) is 2.43. The summed E-state index contributed by atoms with van der Waals surface area (Å²) in [5, 5.41) is 10.4. The van der Waals surface area contributed by atoms with Gasteiger partial charge in [-0.05, 0) is 71.9 Å². The molecule has 3 saturated heterocycles. The number of aliphatic hydroxyl groups is 1. The highest BCUT2D eigenvalue weighted by molar-refractivity contribution is 9.10. The smallest absolute Gasteiger partial charge is 0.133 e. The second kappa shape index (κ2) is 5.43. The molecule has 19 heavy (non-hydrogen) atoms. The lowest BCUT2D eigenvalue weighted by Crippen LogP contribution is -2.58. The summed E-state index contributed by atoms with van der Waals surface area (Å²) in [7, 11) is 1.68. The lowest BCUT2D eigenvalue weighted by Gasteiger charge is -2.49. The van der Waals surface area contributed by atoms with E-state index in [-0.39, 0.29) is 12.1 Å². The normalized spacial score (nSPS) is 33.4. The predicted octanol–water partition coefficient (Wildman–Crippen LogP) is 2.46. The van der Waals surface area contributed by atoms with E-state index in [0.29, 0.717) is 5.92 Å². The number of piperidine rings is 3. The summed E-state index contributed by atoms with van der Waals surface area (Å²) in [5.41, 5.74) is 1.25. The Morgan fingerprint density at radius 1 is 1.37 bits per heavy atom. The number of nitrogens with zero attached hydrogens (tertiary/aromatic N) is 1. The van der Waals surface area contributed by atoms with Crippen molar-refractivity contribution < 1.29 is 9.84 Å². The highest BCUT2D eigenvalue weighted by Crippen LogP contribution is 2.34. The Labute approximate surface area is 122 Å². The minimum Gasteiger partial charge on any atom is -0.496 e. The Hall–Kier alpha value is -0.580. The van der Waals surface area contributed by atoms with Gasteiger partial charge in [0, 0.05) is 6.04 Å². The number of methoxy groups -OCH3 is 1. The molecule has 2 unspecified atom stereocenters. The van der Waals surface area contributed by atoms with E-state index in [2.05, 4.69) is 33.0 Å². The van der Waals surface area contributed by atoms with Crippen molar-refractivity contribution in [2.75, 3.05) is 20.2 Å². The molecule has 1 aromatic carbocycles. The third kappa shape index (κ3) is 2.54. The molecule has 4 rings (SSSR count). The van der Waals surface area contributed by atoms with E-state index in [1.807, 2.05) is 6.07 Å². The number of hydrogen-bond donors (Lipinski definition) is 1. The van der Waals surface area contributed by atoms with Gasteiger partial charge in [0.2, 0.25) is 0 Å². The van der Waals surface area contributed by atoms with Crippen molar-refractivity contribution in [2.24, 2.45) is 5.92 Å². The summed E-state index contributed by atoms with van der Waals surface area (Å²) in [6.07, 6.45) is 3.07. The van der Waals surface area contributed by atoms with E-state index in [0.717, 1.165) is 42.6 Å². The summed E-state index contributed by atoms with van der Waals surface area (Å²) in [5.74, 6) is 1.37. The second-order valence-corrected chi connectivity index (χ2v) is 6.46. The van der Waals surface area contributed by atoms with Crippen molar-refractivity contribution >= 4 is 15.9 Å². The molecule has 3 heterocycles. The monoisotopic (exact) mass is 325 g/mol.